The van der Waals surface area contributed by atoms with Gasteiger partial charge in [0.1, 0.15) is 12.2 Å². The van der Waals surface area contributed by atoms with E-state index in [1.165, 1.54) is 17.2 Å². The molecule has 34 heavy (non-hydrogen) atoms. The molecule has 0 radical (unpaired) electrons. The van der Waals surface area contributed by atoms with Crippen molar-refractivity contribution in [1.82, 2.24) is 0 Å². The number of carbonyl (C=O) groups is 1. The zero-order chi connectivity index (χ0) is 24.1. The molecule has 0 spiro atoms. The first-order chi connectivity index (χ1) is 16.2. The van der Waals surface area contributed by atoms with Crippen LogP contribution in [0.1, 0.15) is 59.9 Å². The summed E-state index contributed by atoms with van der Waals surface area (Å²) in [4.78, 5) is 25.8. The number of hydrogen-bond acceptors (Lipinski definition) is 6. The van der Waals surface area contributed by atoms with Crippen LogP contribution in [-0.2, 0) is 38.8 Å². The third kappa shape index (κ3) is 3.66. The zero-order valence-electron chi connectivity index (χ0n) is 19.5. The van der Waals surface area contributed by atoms with E-state index in [0.717, 1.165) is 30.2 Å². The van der Waals surface area contributed by atoms with Gasteiger partial charge in [-0.25, -0.2) is 13.2 Å². The minimum atomic E-state index is -3.97. The van der Waals surface area contributed by atoms with Crippen LogP contribution in [0.5, 0.6) is 0 Å². The molecule has 1 saturated carbocycles. The first kappa shape index (κ1) is 22.8. The van der Waals surface area contributed by atoms with Crippen LogP contribution >= 0.6 is 0 Å². The number of carbonyl (C=O) groups excluding carboxylic acids is 1. The fourth-order valence-corrected chi connectivity index (χ4v) is 7.78. The Balaban J connectivity index is 1.49. The molecule has 178 valence electrons. The van der Waals surface area contributed by atoms with Gasteiger partial charge in [0.15, 0.2) is 14.6 Å². The van der Waals surface area contributed by atoms with Crippen molar-refractivity contribution in [2.75, 3.05) is 0 Å². The Morgan fingerprint density at radius 1 is 1.00 bits per heavy atom. The van der Waals surface area contributed by atoms with E-state index in [0.29, 0.717) is 29.6 Å². The van der Waals surface area contributed by atoms with Crippen LogP contribution in [0.4, 0.5) is 0 Å². The molecule has 6 nitrogen and oxygen atoms in total. The summed E-state index contributed by atoms with van der Waals surface area (Å²) in [7, 11) is -3.97. The Labute approximate surface area is 198 Å². The van der Waals surface area contributed by atoms with Crippen molar-refractivity contribution < 1.29 is 22.4 Å². The van der Waals surface area contributed by atoms with E-state index < -0.39 is 26.2 Å². The molecule has 0 atom stereocenters. The van der Waals surface area contributed by atoms with Gasteiger partial charge in [-0.15, -0.1) is 0 Å². The SMILES string of the molecule is Cc1ccc(C)c(S(=O)(=O)C2(C(=O)OCc3cc(=O)oc4cc5c(cc34)CCC5)CCCC2)c1. The van der Waals surface area contributed by atoms with Crippen molar-refractivity contribution in [3.8, 4) is 0 Å². The lowest BCUT2D eigenvalue weighted by Crippen LogP contribution is -2.45. The van der Waals surface area contributed by atoms with Crippen LogP contribution in [-0.4, -0.2) is 19.1 Å². The first-order valence-electron chi connectivity index (χ1n) is 11.8. The third-order valence-electron chi connectivity index (χ3n) is 7.33. The zero-order valence-corrected chi connectivity index (χ0v) is 20.3. The molecule has 0 aliphatic heterocycles. The lowest BCUT2D eigenvalue weighted by Gasteiger charge is -2.27. The van der Waals surface area contributed by atoms with Gasteiger partial charge in [0, 0.05) is 17.0 Å². The normalized spacial score (nSPS) is 17.1. The molecule has 0 amide bonds. The summed E-state index contributed by atoms with van der Waals surface area (Å²) in [5, 5.41) is 0.728. The summed E-state index contributed by atoms with van der Waals surface area (Å²) in [5.74, 6) is -0.742. The van der Waals surface area contributed by atoms with Crippen molar-refractivity contribution in [2.24, 2.45) is 0 Å². The molecule has 0 N–H and O–H groups in total. The molecule has 2 aromatic carbocycles. The molecule has 0 bridgehead atoms. The van der Waals surface area contributed by atoms with Gasteiger partial charge in [-0.2, -0.15) is 0 Å². The highest BCUT2D eigenvalue weighted by Gasteiger charge is 2.54. The predicted molar refractivity (Wildman–Crippen MR) is 129 cm³/mol. The molecule has 3 aromatic rings. The van der Waals surface area contributed by atoms with E-state index in [1.54, 1.807) is 19.1 Å². The summed E-state index contributed by atoms with van der Waals surface area (Å²) >= 11 is 0. The van der Waals surface area contributed by atoms with E-state index in [2.05, 4.69) is 0 Å². The summed E-state index contributed by atoms with van der Waals surface area (Å²) in [6.07, 6.45) is 4.71. The van der Waals surface area contributed by atoms with Crippen LogP contribution in [0.25, 0.3) is 11.0 Å². The molecule has 0 unspecified atom stereocenters. The third-order valence-corrected chi connectivity index (χ3v) is 9.95. The summed E-state index contributed by atoms with van der Waals surface area (Å²) in [6, 6.07) is 10.5. The molecule has 1 aromatic heterocycles. The molecular weight excluding hydrogens is 452 g/mol. The van der Waals surface area contributed by atoms with Gasteiger partial charge >= 0.3 is 11.6 Å². The smallest absolute Gasteiger partial charge is 0.336 e. The van der Waals surface area contributed by atoms with Gasteiger partial charge in [-0.1, -0.05) is 25.0 Å². The monoisotopic (exact) mass is 480 g/mol. The molecule has 2 aliphatic rings. The topological polar surface area (TPSA) is 90.6 Å². The molecular formula is C27H28O6S. The molecule has 5 rings (SSSR count). The molecule has 1 heterocycles. The Morgan fingerprint density at radius 3 is 2.44 bits per heavy atom. The van der Waals surface area contributed by atoms with Gasteiger partial charge in [-0.05, 0) is 86.4 Å². The van der Waals surface area contributed by atoms with E-state index >= 15 is 0 Å². The van der Waals surface area contributed by atoms with Crippen LogP contribution < -0.4 is 5.63 Å². The second-order valence-corrected chi connectivity index (χ2v) is 11.8. The van der Waals surface area contributed by atoms with E-state index in [-0.39, 0.29) is 24.3 Å². The van der Waals surface area contributed by atoms with Gasteiger partial charge < -0.3 is 9.15 Å². The number of benzene rings is 2. The van der Waals surface area contributed by atoms with Crippen molar-refractivity contribution in [3.63, 3.8) is 0 Å². The van der Waals surface area contributed by atoms with Crippen LogP contribution in [0.3, 0.4) is 0 Å². The van der Waals surface area contributed by atoms with Crippen molar-refractivity contribution in [2.45, 2.75) is 75.0 Å². The van der Waals surface area contributed by atoms with E-state index in [4.69, 9.17) is 9.15 Å². The molecule has 7 heteroatoms. The number of ether oxygens (including phenoxy) is 1. The van der Waals surface area contributed by atoms with Gasteiger partial charge in [0.2, 0.25) is 0 Å². The summed E-state index contributed by atoms with van der Waals surface area (Å²) < 4.78 is 37.1. The highest BCUT2D eigenvalue weighted by atomic mass is 32.2. The molecule has 2 aliphatic carbocycles. The number of hydrogen-bond donors (Lipinski definition) is 0. The summed E-state index contributed by atoms with van der Waals surface area (Å²) in [5.41, 5.74) is 4.30. The van der Waals surface area contributed by atoms with Gasteiger partial charge in [0.25, 0.3) is 0 Å². The highest BCUT2D eigenvalue weighted by Crippen LogP contribution is 2.43. The maximum Gasteiger partial charge on any atom is 0.336 e. The second-order valence-electron chi connectivity index (χ2n) is 9.61. The largest absolute Gasteiger partial charge is 0.460 e. The first-order valence-corrected chi connectivity index (χ1v) is 13.3. The molecule has 0 saturated heterocycles. The second kappa shape index (κ2) is 8.38. The maximum atomic E-state index is 13.8. The van der Waals surface area contributed by atoms with Crippen molar-refractivity contribution in [1.29, 1.82) is 0 Å². The van der Waals surface area contributed by atoms with Crippen LogP contribution in [0, 0.1) is 13.8 Å². The van der Waals surface area contributed by atoms with Crippen LogP contribution in [0.15, 0.2) is 50.5 Å². The maximum absolute atomic E-state index is 13.8. The predicted octanol–water partition coefficient (Wildman–Crippen LogP) is 4.73. The summed E-state index contributed by atoms with van der Waals surface area (Å²) in [6.45, 7) is 3.40. The van der Waals surface area contributed by atoms with Gasteiger partial charge in [-0.3, -0.25) is 4.79 Å². The number of aryl methyl sites for hydroxylation is 4. The fraction of sp³-hybridized carbons (Fsp3) is 0.407. The number of sulfone groups is 1. The average molecular weight is 481 g/mol. The number of esters is 1. The Morgan fingerprint density at radius 2 is 1.71 bits per heavy atom. The minimum absolute atomic E-state index is 0.177. The Kier molecular flexibility index (Phi) is 5.63. The minimum Gasteiger partial charge on any atom is -0.460 e. The van der Waals surface area contributed by atoms with Gasteiger partial charge in [0.05, 0.1) is 4.90 Å². The Hall–Kier alpha value is -2.93. The number of rotatable bonds is 5. The lowest BCUT2D eigenvalue weighted by molar-refractivity contribution is -0.148. The Bertz CT molecular complexity index is 1460. The molecule has 1 fully saturated rings. The van der Waals surface area contributed by atoms with E-state index in [9.17, 15) is 18.0 Å². The fourth-order valence-electron chi connectivity index (χ4n) is 5.42. The lowest BCUT2D eigenvalue weighted by atomic mass is 10.0. The average Bonchev–Trinajstić information content (AvgIpc) is 3.47. The van der Waals surface area contributed by atoms with Crippen LogP contribution in [0.2, 0.25) is 0 Å². The van der Waals surface area contributed by atoms with Crippen molar-refractivity contribution >= 4 is 26.8 Å². The number of fused-ring (bicyclic) bond motifs is 2. The quantitative estimate of drug-likeness (QED) is 0.387. The van der Waals surface area contributed by atoms with Crippen molar-refractivity contribution in [3.05, 3.63) is 74.6 Å². The standard InChI is InChI=1S/C27H28O6S/c1-17-8-9-18(2)24(12-17)34(30,31)27(10-3-4-11-27)26(29)32-16-21-15-25(28)33-23-14-20-7-5-6-19(20)13-22(21)23/h8-9,12-15H,3-7,10-11,16H2,1-2H3. The highest BCUT2D eigenvalue weighted by molar-refractivity contribution is 7.93. The van der Waals surface area contributed by atoms with E-state index in [1.807, 2.05) is 25.1 Å².